The molecule has 7 rings (SSSR count). The van der Waals surface area contributed by atoms with E-state index in [-0.39, 0.29) is 39.8 Å². The van der Waals surface area contributed by atoms with Crippen LogP contribution in [0, 0.1) is 11.6 Å². The lowest BCUT2D eigenvalue weighted by Crippen LogP contribution is -2.50. The second-order valence-corrected chi connectivity index (χ2v) is 20.9. The summed E-state index contributed by atoms with van der Waals surface area (Å²) in [7, 11) is -1.06. The molecule has 0 saturated heterocycles. The minimum absolute atomic E-state index is 0.0140. The number of aryl methyl sites for hydroxylation is 2. The summed E-state index contributed by atoms with van der Waals surface area (Å²) in [5.74, 6) is -0.678. The lowest BCUT2D eigenvalue weighted by molar-refractivity contribution is -0.613. The highest BCUT2D eigenvalue weighted by molar-refractivity contribution is 7.90. The average Bonchev–Trinajstić information content (AvgIpc) is 4.13. The number of carbonyl (C=O) groups excluding carboxylic acids is 1. The van der Waals surface area contributed by atoms with Gasteiger partial charge >= 0.3 is 16.1 Å². The van der Waals surface area contributed by atoms with Gasteiger partial charge < -0.3 is 30.2 Å². The van der Waals surface area contributed by atoms with Gasteiger partial charge in [-0.1, -0.05) is 27.7 Å². The minimum atomic E-state index is -4.19. The fourth-order valence-corrected chi connectivity index (χ4v) is 8.43. The van der Waals surface area contributed by atoms with Crippen molar-refractivity contribution < 1.29 is 40.1 Å². The molecule has 7 aromatic rings. The molecular weight excluding hydrogens is 959 g/mol. The summed E-state index contributed by atoms with van der Waals surface area (Å²) in [5, 5.41) is 22.3. The van der Waals surface area contributed by atoms with E-state index < -0.39 is 37.9 Å². The SMILES string of the molecule is CC(C)c1cc(F)cc(-c2cnn(C)c2)c1N.CC(C)c1cc(F)cc(-c2cnn(C)c2)c1NC(=O)NS(=O)(=O)c1cn(C(C)C)cn1.CC(C)n1cnc(S(=O)(=O)N=C([O-])[n+]2ccc(N(C)C)cc2)c1. The summed E-state index contributed by atoms with van der Waals surface area (Å²) in [6, 6.07) is 7.14. The van der Waals surface area contributed by atoms with Crippen molar-refractivity contribution in [3.05, 3.63) is 121 Å². The summed E-state index contributed by atoms with van der Waals surface area (Å²) in [6.45, 7) is 15.2. The normalized spacial score (nSPS) is 11.9. The van der Waals surface area contributed by atoms with Gasteiger partial charge in [-0.25, -0.2) is 32.8 Å². The number of pyridine rings is 1. The topological polar surface area (TPSA) is 249 Å². The van der Waals surface area contributed by atoms with Crippen molar-refractivity contribution >= 4 is 49.2 Å². The third-order valence-electron chi connectivity index (χ3n) is 10.7. The van der Waals surface area contributed by atoms with E-state index in [0.29, 0.717) is 33.6 Å². The number of sulfonamides is 2. The van der Waals surface area contributed by atoms with Crippen LogP contribution in [0.25, 0.3) is 22.3 Å². The van der Waals surface area contributed by atoms with Gasteiger partial charge in [0.25, 0.3) is 16.0 Å². The molecule has 0 aliphatic rings. The second-order valence-electron chi connectivity index (χ2n) is 17.8. The van der Waals surface area contributed by atoms with Crippen LogP contribution in [0.3, 0.4) is 0 Å². The van der Waals surface area contributed by atoms with Gasteiger partial charge in [0.2, 0.25) is 5.03 Å². The average molecular weight is 1020 g/mol. The number of nitrogens with one attached hydrogen (secondary N) is 2. The van der Waals surface area contributed by atoms with Gasteiger partial charge in [-0.2, -0.15) is 27.0 Å². The van der Waals surface area contributed by atoms with Crippen LogP contribution in [-0.4, -0.2) is 81.6 Å². The van der Waals surface area contributed by atoms with Crippen molar-refractivity contribution in [1.82, 2.24) is 43.4 Å². The molecule has 0 saturated carbocycles. The van der Waals surface area contributed by atoms with E-state index in [0.717, 1.165) is 21.4 Å². The third kappa shape index (κ3) is 13.9. The minimum Gasteiger partial charge on any atom is -0.806 e. The summed E-state index contributed by atoms with van der Waals surface area (Å²) < 4.78 is 90.2. The van der Waals surface area contributed by atoms with Crippen molar-refractivity contribution in [2.45, 2.75) is 89.4 Å². The molecule has 0 spiro atoms. The van der Waals surface area contributed by atoms with Gasteiger partial charge in [0.15, 0.2) is 5.03 Å². The summed E-state index contributed by atoms with van der Waals surface area (Å²) in [5.41, 5.74) is 11.8. The fraction of sp³-hybridized carbons (Fsp3) is 0.340. The number of benzene rings is 2. The number of imidazole rings is 2. The smallest absolute Gasteiger partial charge is 0.387 e. The summed E-state index contributed by atoms with van der Waals surface area (Å²) in [4.78, 5) is 22.2. The molecule has 0 fully saturated rings. The summed E-state index contributed by atoms with van der Waals surface area (Å²) >= 11 is 0. The molecule has 71 heavy (non-hydrogen) atoms. The van der Waals surface area contributed by atoms with Gasteiger partial charge in [-0.15, -0.1) is 0 Å². The van der Waals surface area contributed by atoms with E-state index >= 15 is 0 Å². The van der Waals surface area contributed by atoms with Gasteiger partial charge in [-0.05, 0) is 74.9 Å². The van der Waals surface area contributed by atoms with Crippen LogP contribution in [0.15, 0.2) is 113 Å². The second kappa shape index (κ2) is 22.5. The Balaban J connectivity index is 0.000000207. The number of halogens is 2. The Hall–Kier alpha value is -7.47. The molecule has 380 valence electrons. The first-order valence-electron chi connectivity index (χ1n) is 22.2. The Morgan fingerprint density at radius 2 is 1.23 bits per heavy atom. The molecule has 5 heterocycles. The number of nitrogens with zero attached hydrogens (tertiary/aromatic N) is 11. The highest BCUT2D eigenvalue weighted by Crippen LogP contribution is 2.36. The first-order valence-corrected chi connectivity index (χ1v) is 25.1. The lowest BCUT2D eigenvalue weighted by atomic mass is 9.95. The molecule has 0 aliphatic heterocycles. The molecule has 0 unspecified atom stereocenters. The molecule has 2 amide bonds. The Morgan fingerprint density at radius 3 is 1.69 bits per heavy atom. The number of urea groups is 1. The maximum atomic E-state index is 14.3. The van der Waals surface area contributed by atoms with Crippen LogP contribution < -0.4 is 30.3 Å². The number of rotatable bonds is 12. The maximum absolute atomic E-state index is 14.3. The molecule has 5 aromatic heterocycles. The number of nitrogens with two attached hydrogens (primary N) is 1. The Morgan fingerprint density at radius 1 is 0.746 bits per heavy atom. The zero-order chi connectivity index (χ0) is 52.7. The summed E-state index contributed by atoms with van der Waals surface area (Å²) in [6.07, 6.45) is 15.1. The number of aromatic nitrogens is 9. The van der Waals surface area contributed by atoms with E-state index in [4.69, 9.17) is 5.73 Å². The number of nitrogen functional groups attached to an aromatic ring is 1. The van der Waals surface area contributed by atoms with Gasteiger partial charge in [0.1, 0.15) is 11.6 Å². The molecule has 24 heteroatoms. The Bertz CT molecular complexity index is 3230. The van der Waals surface area contributed by atoms with Crippen molar-refractivity contribution in [3.8, 4) is 22.3 Å². The largest absolute Gasteiger partial charge is 0.806 e. The van der Waals surface area contributed by atoms with Crippen molar-refractivity contribution in [2.75, 3.05) is 30.0 Å². The van der Waals surface area contributed by atoms with Gasteiger partial charge in [0, 0.05) is 115 Å². The van der Waals surface area contributed by atoms with Gasteiger partial charge in [-0.3, -0.25) is 9.36 Å². The third-order valence-corrected chi connectivity index (χ3v) is 13.0. The molecule has 4 N–H and O–H groups in total. The highest BCUT2D eigenvalue weighted by atomic mass is 32.2. The molecule has 0 aliphatic carbocycles. The zero-order valence-corrected chi connectivity index (χ0v) is 43.2. The molecular formula is C47H60F2N14O6S2. The number of amides is 2. The predicted molar refractivity (Wildman–Crippen MR) is 265 cm³/mol. The van der Waals surface area contributed by atoms with E-state index in [2.05, 4.69) is 29.9 Å². The molecule has 0 radical (unpaired) electrons. The fourth-order valence-electron chi connectivity index (χ4n) is 6.75. The Kier molecular flexibility index (Phi) is 17.3. The zero-order valence-electron chi connectivity index (χ0n) is 41.6. The maximum Gasteiger partial charge on any atom is 0.387 e. The molecule has 0 atom stereocenters. The first kappa shape index (κ1) is 54.5. The molecule has 0 bridgehead atoms. The Labute approximate surface area is 412 Å². The molecule has 2 aromatic carbocycles. The lowest BCUT2D eigenvalue weighted by Gasteiger charge is -2.18. The van der Waals surface area contributed by atoms with Crippen LogP contribution in [-0.2, 0) is 34.1 Å². The van der Waals surface area contributed by atoms with Crippen LogP contribution in [0.2, 0.25) is 0 Å². The highest BCUT2D eigenvalue weighted by Gasteiger charge is 2.26. The van der Waals surface area contributed by atoms with E-state index in [1.165, 1.54) is 67.9 Å². The van der Waals surface area contributed by atoms with Crippen LogP contribution in [0.5, 0.6) is 0 Å². The van der Waals surface area contributed by atoms with Gasteiger partial charge in [0.05, 0.1) is 43.1 Å². The quantitative estimate of drug-likeness (QED) is 0.0525. The first-order chi connectivity index (χ1) is 33.2. The van der Waals surface area contributed by atoms with E-state index in [1.807, 2.05) is 92.4 Å². The molecule has 20 nitrogen and oxygen atoms in total. The predicted octanol–water partition coefficient (Wildman–Crippen LogP) is 6.34. The van der Waals surface area contributed by atoms with E-state index in [9.17, 15) is 35.5 Å². The van der Waals surface area contributed by atoms with Crippen LogP contribution in [0.1, 0.15) is 90.4 Å². The van der Waals surface area contributed by atoms with Crippen molar-refractivity contribution in [3.63, 3.8) is 0 Å². The van der Waals surface area contributed by atoms with Crippen LogP contribution in [0.4, 0.5) is 30.6 Å². The van der Waals surface area contributed by atoms with E-state index in [1.54, 1.807) is 50.1 Å². The number of hydrogen-bond acceptors (Lipinski definition) is 12. The number of carbonyl (C=O) groups is 1. The number of hydrogen-bond donors (Lipinski definition) is 3. The standard InChI is InChI=1S/C20H25FN6O3S.C14H19N5O3S.C13H16FN3/c1-12(2)16-6-15(21)7-17(14-8-23-26(5)9-14)19(16)24-20(28)25-31(29,30)18-10-27(11-22-18)13(3)4;1-11(2)19-9-13(15-10-19)23(21,22)16-14(20)18-7-5-12(6-8-18)17(3)4;1-8(2)11-4-10(14)5-12(13(11)15)9-6-16-17(3)7-9/h6-13H,1-5H3,(H2,24,25,28);5-11H,1-4H3;4-8H,15H2,1-3H3. The van der Waals surface area contributed by atoms with Crippen molar-refractivity contribution in [2.24, 2.45) is 18.5 Å². The monoisotopic (exact) mass is 1020 g/mol. The van der Waals surface area contributed by atoms with Crippen LogP contribution >= 0.6 is 0 Å². The van der Waals surface area contributed by atoms with Crippen molar-refractivity contribution in [1.29, 1.82) is 0 Å². The number of anilines is 3.